The van der Waals surface area contributed by atoms with Crippen molar-refractivity contribution in [2.75, 3.05) is 32.5 Å². The fourth-order valence-electron chi connectivity index (χ4n) is 4.89. The van der Waals surface area contributed by atoms with Crippen molar-refractivity contribution in [3.05, 3.63) is 58.4 Å². The summed E-state index contributed by atoms with van der Waals surface area (Å²) in [4.78, 5) is 13.5. The van der Waals surface area contributed by atoms with Crippen molar-refractivity contribution in [1.82, 2.24) is 0 Å². The van der Waals surface area contributed by atoms with E-state index < -0.39 is 16.3 Å². The summed E-state index contributed by atoms with van der Waals surface area (Å²) in [7, 11) is -0.0622. The molecule has 1 aliphatic rings. The molecule has 0 spiro atoms. The monoisotopic (exact) mass is 550 g/mol. The van der Waals surface area contributed by atoms with E-state index in [1.165, 1.54) is 36.8 Å². The Labute approximate surface area is 228 Å². The number of benzene rings is 2. The molecule has 4 nitrogen and oxygen atoms in total. The van der Waals surface area contributed by atoms with Crippen molar-refractivity contribution in [3.63, 3.8) is 0 Å². The zero-order valence-electron chi connectivity index (χ0n) is 24.0. The van der Waals surface area contributed by atoms with Gasteiger partial charge in [0.25, 0.3) is 0 Å². The number of carbonyl (C=O) groups is 1. The molecule has 0 radical (unpaired) electrons. The average Bonchev–Trinajstić information content (AvgIpc) is 2.79. The molecule has 0 saturated heterocycles. The second-order valence-corrected chi connectivity index (χ2v) is 16.6. The molecule has 2 unspecified atom stereocenters. The molecule has 7 heteroatoms. The minimum atomic E-state index is -1.47. The number of fused-ring (bicyclic) bond motifs is 1. The number of methoxy groups -OCH3 is 1. The maximum absolute atomic E-state index is 14.0. The molecular formula is C30H43FO4S2. The highest BCUT2D eigenvalue weighted by Crippen LogP contribution is 2.60. The van der Waals surface area contributed by atoms with Crippen molar-refractivity contribution < 1.29 is 22.3 Å². The van der Waals surface area contributed by atoms with Gasteiger partial charge in [0.1, 0.15) is 5.82 Å². The lowest BCUT2D eigenvalue weighted by atomic mass is 9.69. The Morgan fingerprint density at radius 1 is 1.22 bits per heavy atom. The zero-order chi connectivity index (χ0) is 27.8. The van der Waals surface area contributed by atoms with E-state index in [1.807, 2.05) is 6.26 Å². The number of ether oxygens (including phenoxy) is 1. The third kappa shape index (κ3) is 6.55. The van der Waals surface area contributed by atoms with Gasteiger partial charge in [-0.2, -0.15) is 0 Å². The minimum absolute atomic E-state index is 0.00813. The molecule has 0 aliphatic heterocycles. The van der Waals surface area contributed by atoms with Gasteiger partial charge in [0.05, 0.1) is 25.4 Å². The van der Waals surface area contributed by atoms with Crippen LogP contribution in [0.4, 0.5) is 4.39 Å². The SMILES string of the molecule is COC(=O)c1c(C(C)COSC)cc2c(c1-c1ccc(F)cc1)C(OS(C)(C)C(C)(C)C)CC(C)(C)C2. The molecule has 0 saturated carbocycles. The highest BCUT2D eigenvalue weighted by molar-refractivity contribution is 8.29. The molecular weight excluding hydrogens is 507 g/mol. The summed E-state index contributed by atoms with van der Waals surface area (Å²) in [5, 5.41) is 0. The predicted octanol–water partition coefficient (Wildman–Crippen LogP) is 8.49. The van der Waals surface area contributed by atoms with Crippen LogP contribution in [-0.4, -0.2) is 43.2 Å². The first kappa shape index (κ1) is 30.0. The van der Waals surface area contributed by atoms with Gasteiger partial charge in [-0.1, -0.05) is 59.7 Å². The van der Waals surface area contributed by atoms with Crippen molar-refractivity contribution in [1.29, 1.82) is 0 Å². The molecule has 1 aliphatic carbocycles. The molecule has 3 rings (SSSR count). The number of halogens is 1. The van der Waals surface area contributed by atoms with Crippen LogP contribution in [0.15, 0.2) is 30.3 Å². The molecule has 0 fully saturated rings. The molecule has 206 valence electrons. The fourth-order valence-corrected chi connectivity index (χ4v) is 6.26. The fraction of sp³-hybridized carbons (Fsp3) is 0.567. The summed E-state index contributed by atoms with van der Waals surface area (Å²) >= 11 is 1.31. The lowest BCUT2D eigenvalue weighted by molar-refractivity contribution is 0.0599. The normalized spacial score (nSPS) is 18.7. The summed E-state index contributed by atoms with van der Waals surface area (Å²) in [6, 6.07) is 8.57. The molecule has 0 aromatic heterocycles. The molecule has 2 aromatic carbocycles. The van der Waals surface area contributed by atoms with Gasteiger partial charge in [-0.15, -0.1) is 10.3 Å². The van der Waals surface area contributed by atoms with Crippen LogP contribution in [0.1, 0.15) is 87.0 Å². The highest BCUT2D eigenvalue weighted by Gasteiger charge is 2.41. The Kier molecular flexibility index (Phi) is 9.16. The predicted molar refractivity (Wildman–Crippen MR) is 156 cm³/mol. The summed E-state index contributed by atoms with van der Waals surface area (Å²) in [6.07, 6.45) is 7.78. The third-order valence-corrected chi connectivity index (χ3v) is 11.6. The van der Waals surface area contributed by atoms with Gasteiger partial charge >= 0.3 is 5.97 Å². The Hall–Kier alpha value is -1.54. The van der Waals surface area contributed by atoms with E-state index in [0.29, 0.717) is 12.2 Å². The largest absolute Gasteiger partial charge is 0.465 e. The Bertz CT molecular complexity index is 1120. The van der Waals surface area contributed by atoms with E-state index in [2.05, 4.69) is 60.1 Å². The Morgan fingerprint density at radius 3 is 2.38 bits per heavy atom. The van der Waals surface area contributed by atoms with Crippen molar-refractivity contribution >= 4 is 28.3 Å². The van der Waals surface area contributed by atoms with Crippen molar-refractivity contribution in [2.24, 2.45) is 5.41 Å². The molecule has 0 N–H and O–H groups in total. The van der Waals surface area contributed by atoms with E-state index in [4.69, 9.17) is 13.1 Å². The molecule has 37 heavy (non-hydrogen) atoms. The van der Waals surface area contributed by atoms with E-state index in [1.54, 1.807) is 12.1 Å². The van der Waals surface area contributed by atoms with E-state index in [-0.39, 0.29) is 28.0 Å². The highest BCUT2D eigenvalue weighted by atomic mass is 32.3. The molecule has 2 aromatic rings. The van der Waals surface area contributed by atoms with Crippen LogP contribution in [0.3, 0.4) is 0 Å². The maximum atomic E-state index is 14.0. The molecule has 2 atom stereocenters. The second-order valence-electron chi connectivity index (χ2n) is 12.1. The zero-order valence-corrected chi connectivity index (χ0v) is 25.6. The van der Waals surface area contributed by atoms with Gasteiger partial charge in [0.2, 0.25) is 0 Å². The lowest BCUT2D eigenvalue weighted by Gasteiger charge is -2.49. The van der Waals surface area contributed by atoms with Gasteiger partial charge in [0, 0.05) is 22.5 Å². The Morgan fingerprint density at radius 2 is 1.84 bits per heavy atom. The van der Waals surface area contributed by atoms with Crippen molar-refractivity contribution in [3.8, 4) is 11.1 Å². The van der Waals surface area contributed by atoms with Crippen LogP contribution in [0.5, 0.6) is 0 Å². The standard InChI is InChI=1S/C30H43FO4S2/c1-19(18-34-36-8)23-15-21-16-30(5,6)17-24(35-37(9,10)29(2,3)4)25(21)26(27(23)28(32)33-7)20-11-13-22(31)14-12-20/h11-15,19,24H,16-18H2,1-10H3. The quantitative estimate of drug-likeness (QED) is 0.244. The van der Waals surface area contributed by atoms with Gasteiger partial charge in [-0.05, 0) is 77.2 Å². The average molecular weight is 551 g/mol. The van der Waals surface area contributed by atoms with Crippen LogP contribution in [0.25, 0.3) is 11.1 Å². The number of hydrogen-bond acceptors (Lipinski definition) is 5. The number of esters is 1. The summed E-state index contributed by atoms with van der Waals surface area (Å²) in [5.41, 5.74) is 5.18. The third-order valence-electron chi connectivity index (χ3n) is 7.53. The first-order valence-corrected chi connectivity index (χ1v) is 16.2. The van der Waals surface area contributed by atoms with E-state index in [0.717, 1.165) is 35.1 Å². The first-order valence-electron chi connectivity index (χ1n) is 12.7. The molecule has 0 bridgehead atoms. The number of carbonyl (C=O) groups excluding carboxylic acids is 1. The van der Waals surface area contributed by atoms with Gasteiger partial charge in [0.15, 0.2) is 0 Å². The lowest BCUT2D eigenvalue weighted by Crippen LogP contribution is -2.33. The minimum Gasteiger partial charge on any atom is -0.465 e. The number of hydrogen-bond donors (Lipinski definition) is 0. The van der Waals surface area contributed by atoms with Crippen LogP contribution >= 0.6 is 22.4 Å². The number of rotatable bonds is 8. The molecule has 0 heterocycles. The molecule has 0 amide bonds. The second kappa shape index (κ2) is 11.3. The van der Waals surface area contributed by atoms with E-state index >= 15 is 0 Å². The van der Waals surface area contributed by atoms with Crippen molar-refractivity contribution in [2.45, 2.75) is 71.2 Å². The van der Waals surface area contributed by atoms with Crippen LogP contribution < -0.4 is 0 Å². The summed E-state index contributed by atoms with van der Waals surface area (Å²) < 4.78 is 32.1. The van der Waals surface area contributed by atoms with Gasteiger partial charge in [-0.25, -0.2) is 9.18 Å². The first-order chi connectivity index (χ1) is 17.1. The van der Waals surface area contributed by atoms with Gasteiger partial charge in [-0.3, -0.25) is 0 Å². The van der Waals surface area contributed by atoms with Crippen LogP contribution in [0.2, 0.25) is 0 Å². The van der Waals surface area contributed by atoms with Crippen LogP contribution in [-0.2, 0) is 19.5 Å². The topological polar surface area (TPSA) is 44.8 Å². The summed E-state index contributed by atoms with van der Waals surface area (Å²) in [6.45, 7) is 13.7. The van der Waals surface area contributed by atoms with Gasteiger partial charge < -0.3 is 13.1 Å². The van der Waals surface area contributed by atoms with Crippen LogP contribution in [0, 0.1) is 11.2 Å². The smallest absolute Gasteiger partial charge is 0.338 e. The Balaban J connectivity index is 2.40. The van der Waals surface area contributed by atoms with E-state index in [9.17, 15) is 9.18 Å². The summed E-state index contributed by atoms with van der Waals surface area (Å²) in [5.74, 6) is -0.770. The maximum Gasteiger partial charge on any atom is 0.338 e.